The number of hydrogen-bond donors (Lipinski definition) is 2. The maximum atomic E-state index is 12.4. The molecule has 2 N–H and O–H groups in total. The average Bonchev–Trinajstić information content (AvgIpc) is 2.48. The van der Waals surface area contributed by atoms with Gasteiger partial charge in [0.05, 0.1) is 4.90 Å². The summed E-state index contributed by atoms with van der Waals surface area (Å²) < 4.78 is 27.7. The second-order valence-corrected chi connectivity index (χ2v) is 7.62. The lowest BCUT2D eigenvalue weighted by Crippen LogP contribution is -2.44. The van der Waals surface area contributed by atoms with E-state index in [0.717, 1.165) is 38.8 Å². The SMILES string of the molecule is CCCc1ccc(S(=O)(=O)NC(C)C2CCCNC2)cc1. The van der Waals surface area contributed by atoms with Crippen molar-refractivity contribution < 1.29 is 8.42 Å². The summed E-state index contributed by atoms with van der Waals surface area (Å²) >= 11 is 0. The summed E-state index contributed by atoms with van der Waals surface area (Å²) in [5.41, 5.74) is 1.18. The van der Waals surface area contributed by atoms with E-state index in [9.17, 15) is 8.42 Å². The molecule has 0 bridgehead atoms. The summed E-state index contributed by atoms with van der Waals surface area (Å²) in [7, 11) is -3.42. The van der Waals surface area contributed by atoms with Gasteiger partial charge in [0.15, 0.2) is 0 Å². The quantitative estimate of drug-likeness (QED) is 0.847. The Labute approximate surface area is 128 Å². The topological polar surface area (TPSA) is 58.2 Å². The molecule has 0 aliphatic carbocycles. The molecule has 1 aromatic rings. The van der Waals surface area contributed by atoms with Crippen LogP contribution in [0.2, 0.25) is 0 Å². The number of benzene rings is 1. The molecule has 4 nitrogen and oxygen atoms in total. The van der Waals surface area contributed by atoms with Crippen molar-refractivity contribution in [3.05, 3.63) is 29.8 Å². The Kier molecular flexibility index (Phi) is 5.79. The van der Waals surface area contributed by atoms with Crippen molar-refractivity contribution in [1.82, 2.24) is 10.0 Å². The van der Waals surface area contributed by atoms with Crippen molar-refractivity contribution in [3.63, 3.8) is 0 Å². The average molecular weight is 310 g/mol. The van der Waals surface area contributed by atoms with Crippen LogP contribution in [0, 0.1) is 5.92 Å². The van der Waals surface area contributed by atoms with E-state index in [-0.39, 0.29) is 6.04 Å². The van der Waals surface area contributed by atoms with E-state index in [1.807, 2.05) is 19.1 Å². The Balaban J connectivity index is 2.03. The molecule has 2 unspecified atom stereocenters. The Morgan fingerprint density at radius 1 is 1.33 bits per heavy atom. The third kappa shape index (κ3) is 4.53. The summed E-state index contributed by atoms with van der Waals surface area (Å²) in [6, 6.07) is 7.19. The first-order chi connectivity index (χ1) is 10.0. The van der Waals surface area contributed by atoms with Crippen LogP contribution in [-0.4, -0.2) is 27.5 Å². The summed E-state index contributed by atoms with van der Waals surface area (Å²) in [4.78, 5) is 0.359. The smallest absolute Gasteiger partial charge is 0.240 e. The van der Waals surface area contributed by atoms with E-state index in [4.69, 9.17) is 0 Å². The zero-order valence-corrected chi connectivity index (χ0v) is 13.7. The molecule has 21 heavy (non-hydrogen) atoms. The standard InChI is InChI=1S/C16H26N2O2S/c1-3-5-14-7-9-16(10-8-14)21(19,20)18-13(2)15-6-4-11-17-12-15/h7-10,13,15,17-18H,3-6,11-12H2,1-2H3. The lowest BCUT2D eigenvalue weighted by atomic mass is 9.94. The molecule has 0 spiro atoms. The van der Waals surface area contributed by atoms with Gasteiger partial charge in [0.2, 0.25) is 10.0 Å². The fourth-order valence-electron chi connectivity index (χ4n) is 2.84. The highest BCUT2D eigenvalue weighted by atomic mass is 32.2. The van der Waals surface area contributed by atoms with E-state index < -0.39 is 10.0 Å². The van der Waals surface area contributed by atoms with Gasteiger partial charge in [0, 0.05) is 6.04 Å². The van der Waals surface area contributed by atoms with E-state index in [2.05, 4.69) is 17.0 Å². The lowest BCUT2D eigenvalue weighted by Gasteiger charge is -2.28. The number of nitrogens with one attached hydrogen (secondary N) is 2. The molecule has 0 radical (unpaired) electrons. The second kappa shape index (κ2) is 7.38. The molecule has 1 saturated heterocycles. The van der Waals surface area contributed by atoms with Gasteiger partial charge in [-0.05, 0) is 62.9 Å². The minimum atomic E-state index is -3.42. The van der Waals surface area contributed by atoms with Crippen LogP contribution in [0.3, 0.4) is 0 Å². The summed E-state index contributed by atoms with van der Waals surface area (Å²) in [6.45, 7) is 6.00. The van der Waals surface area contributed by atoms with Crippen LogP contribution >= 0.6 is 0 Å². The first-order valence-corrected chi connectivity index (χ1v) is 9.33. The first-order valence-electron chi connectivity index (χ1n) is 7.85. The predicted molar refractivity (Wildman–Crippen MR) is 85.8 cm³/mol. The molecular formula is C16H26N2O2S. The van der Waals surface area contributed by atoms with Crippen molar-refractivity contribution in [1.29, 1.82) is 0 Å². The summed E-state index contributed by atoms with van der Waals surface area (Å²) in [5, 5.41) is 3.33. The number of rotatable bonds is 6. The monoisotopic (exact) mass is 310 g/mol. The Morgan fingerprint density at radius 2 is 2.05 bits per heavy atom. The summed E-state index contributed by atoms with van der Waals surface area (Å²) in [6.07, 6.45) is 4.24. The highest BCUT2D eigenvalue weighted by Gasteiger charge is 2.24. The van der Waals surface area contributed by atoms with Gasteiger partial charge in [-0.1, -0.05) is 25.5 Å². The highest BCUT2D eigenvalue weighted by molar-refractivity contribution is 7.89. The minimum Gasteiger partial charge on any atom is -0.316 e. The molecule has 2 atom stereocenters. The van der Waals surface area contributed by atoms with Gasteiger partial charge in [-0.25, -0.2) is 13.1 Å². The van der Waals surface area contributed by atoms with Crippen LogP contribution in [0.4, 0.5) is 0 Å². The van der Waals surface area contributed by atoms with Gasteiger partial charge >= 0.3 is 0 Å². The Bertz CT molecular complexity index is 534. The largest absolute Gasteiger partial charge is 0.316 e. The molecule has 0 saturated carbocycles. The molecule has 5 heteroatoms. The van der Waals surface area contributed by atoms with Crippen LogP contribution in [-0.2, 0) is 16.4 Å². The number of sulfonamides is 1. The van der Waals surface area contributed by atoms with E-state index in [1.165, 1.54) is 5.56 Å². The zero-order valence-electron chi connectivity index (χ0n) is 12.9. The van der Waals surface area contributed by atoms with Gasteiger partial charge in [0.25, 0.3) is 0 Å². The van der Waals surface area contributed by atoms with Crippen molar-refractivity contribution in [2.45, 2.75) is 50.5 Å². The first kappa shape index (κ1) is 16.5. The highest BCUT2D eigenvalue weighted by Crippen LogP contribution is 2.17. The van der Waals surface area contributed by atoms with Crippen LogP contribution in [0.1, 0.15) is 38.7 Å². The third-order valence-electron chi connectivity index (χ3n) is 4.16. The fraction of sp³-hybridized carbons (Fsp3) is 0.625. The van der Waals surface area contributed by atoms with Crippen molar-refractivity contribution in [2.75, 3.05) is 13.1 Å². The molecule has 118 valence electrons. The van der Waals surface area contributed by atoms with Gasteiger partial charge in [-0.2, -0.15) is 0 Å². The van der Waals surface area contributed by atoms with E-state index >= 15 is 0 Å². The van der Waals surface area contributed by atoms with Gasteiger partial charge < -0.3 is 5.32 Å². The lowest BCUT2D eigenvalue weighted by molar-refractivity contribution is 0.320. The van der Waals surface area contributed by atoms with Crippen molar-refractivity contribution >= 4 is 10.0 Å². The maximum Gasteiger partial charge on any atom is 0.240 e. The molecular weight excluding hydrogens is 284 g/mol. The maximum absolute atomic E-state index is 12.4. The van der Waals surface area contributed by atoms with Crippen LogP contribution in [0.5, 0.6) is 0 Å². The van der Waals surface area contributed by atoms with E-state index in [1.54, 1.807) is 12.1 Å². The zero-order chi connectivity index (χ0) is 15.3. The number of hydrogen-bond acceptors (Lipinski definition) is 3. The fourth-order valence-corrected chi connectivity index (χ4v) is 4.15. The van der Waals surface area contributed by atoms with Crippen LogP contribution in [0.15, 0.2) is 29.2 Å². The van der Waals surface area contributed by atoms with Gasteiger partial charge in [-0.3, -0.25) is 0 Å². The van der Waals surface area contributed by atoms with Crippen molar-refractivity contribution in [2.24, 2.45) is 5.92 Å². The summed E-state index contributed by atoms with van der Waals surface area (Å²) in [5.74, 6) is 0.368. The van der Waals surface area contributed by atoms with Crippen LogP contribution < -0.4 is 10.0 Å². The Morgan fingerprint density at radius 3 is 2.62 bits per heavy atom. The number of piperidine rings is 1. The molecule has 2 rings (SSSR count). The molecule has 0 amide bonds. The van der Waals surface area contributed by atoms with Crippen LogP contribution in [0.25, 0.3) is 0 Å². The van der Waals surface area contributed by atoms with E-state index in [0.29, 0.717) is 10.8 Å². The Hall–Kier alpha value is -0.910. The third-order valence-corrected chi connectivity index (χ3v) is 5.73. The van der Waals surface area contributed by atoms with Gasteiger partial charge in [-0.15, -0.1) is 0 Å². The minimum absolute atomic E-state index is 0.0434. The second-order valence-electron chi connectivity index (χ2n) is 5.91. The molecule has 1 heterocycles. The molecule has 0 aromatic heterocycles. The molecule has 1 fully saturated rings. The predicted octanol–water partition coefficient (Wildman–Crippen LogP) is 2.31. The molecule has 1 aliphatic heterocycles. The molecule has 1 aliphatic rings. The number of aryl methyl sites for hydroxylation is 1. The molecule has 1 aromatic carbocycles. The van der Waals surface area contributed by atoms with Gasteiger partial charge in [0.1, 0.15) is 0 Å². The van der Waals surface area contributed by atoms with Crippen molar-refractivity contribution in [3.8, 4) is 0 Å². The normalized spacial score (nSPS) is 21.1.